The Morgan fingerprint density at radius 2 is 1.69 bits per heavy atom. The molecular weight excluding hydrogens is 356 g/mol. The van der Waals surface area contributed by atoms with Gasteiger partial charge in [-0.3, -0.25) is 9.59 Å². The van der Waals surface area contributed by atoms with Gasteiger partial charge in [-0.15, -0.1) is 0 Å². The lowest BCUT2D eigenvalue weighted by Crippen LogP contribution is -2.45. The van der Waals surface area contributed by atoms with Gasteiger partial charge in [0.2, 0.25) is 11.8 Å². The van der Waals surface area contributed by atoms with Crippen LogP contribution >= 0.6 is 11.6 Å². The molecule has 0 radical (unpaired) electrons. The largest absolute Gasteiger partial charge is 0.495 e. The Balaban J connectivity index is 2.03. The van der Waals surface area contributed by atoms with Gasteiger partial charge in [-0.25, -0.2) is 0 Å². The summed E-state index contributed by atoms with van der Waals surface area (Å²) >= 11 is 6.09. The van der Waals surface area contributed by atoms with E-state index < -0.39 is 5.41 Å². The fourth-order valence-corrected chi connectivity index (χ4v) is 3.24. The quantitative estimate of drug-likeness (QED) is 0.864. The highest BCUT2D eigenvalue weighted by Gasteiger charge is 2.32. The van der Waals surface area contributed by atoms with E-state index in [1.807, 2.05) is 25.7 Å². The first-order chi connectivity index (χ1) is 12.2. The number of ether oxygens (including phenoxy) is 2. The molecule has 2 rings (SSSR count). The van der Waals surface area contributed by atoms with Gasteiger partial charge in [-0.1, -0.05) is 32.4 Å². The van der Waals surface area contributed by atoms with Gasteiger partial charge < -0.3 is 19.7 Å². The number of carbonyl (C=O) groups excluding carboxylic acids is 2. The molecule has 1 aliphatic rings. The number of likely N-dealkylation sites (tertiary alicyclic amines) is 1. The topological polar surface area (TPSA) is 67.9 Å². The summed E-state index contributed by atoms with van der Waals surface area (Å²) in [6.07, 6.45) is 1.28. The van der Waals surface area contributed by atoms with Crippen LogP contribution in [-0.4, -0.2) is 44.0 Å². The summed E-state index contributed by atoms with van der Waals surface area (Å²) in [4.78, 5) is 26.8. The van der Waals surface area contributed by atoms with E-state index >= 15 is 0 Å². The monoisotopic (exact) mass is 382 g/mol. The van der Waals surface area contributed by atoms with Gasteiger partial charge in [0.1, 0.15) is 11.5 Å². The van der Waals surface area contributed by atoms with Gasteiger partial charge in [0.05, 0.1) is 24.9 Å². The van der Waals surface area contributed by atoms with Crippen LogP contribution in [0.4, 0.5) is 5.69 Å². The van der Waals surface area contributed by atoms with E-state index in [1.165, 1.54) is 14.2 Å². The van der Waals surface area contributed by atoms with E-state index in [2.05, 4.69) is 5.32 Å². The van der Waals surface area contributed by atoms with Crippen molar-refractivity contribution in [2.45, 2.75) is 33.6 Å². The van der Waals surface area contributed by atoms with E-state index in [9.17, 15) is 9.59 Å². The Morgan fingerprint density at radius 1 is 1.12 bits per heavy atom. The maximum absolute atomic E-state index is 12.6. The van der Waals surface area contributed by atoms with Crippen molar-refractivity contribution in [3.05, 3.63) is 17.2 Å². The molecule has 26 heavy (non-hydrogen) atoms. The normalized spacial score (nSPS) is 15.5. The molecule has 2 amide bonds. The fraction of sp³-hybridized carbons (Fsp3) is 0.579. The second-order valence-corrected chi connectivity index (χ2v) is 7.90. The molecule has 0 aliphatic carbocycles. The molecule has 144 valence electrons. The van der Waals surface area contributed by atoms with Crippen LogP contribution in [0, 0.1) is 11.3 Å². The summed E-state index contributed by atoms with van der Waals surface area (Å²) in [6, 6.07) is 3.26. The molecular formula is C19H27ClN2O4. The highest BCUT2D eigenvalue weighted by Crippen LogP contribution is 2.36. The molecule has 0 spiro atoms. The van der Waals surface area contributed by atoms with Gasteiger partial charge >= 0.3 is 0 Å². The number of piperidine rings is 1. The summed E-state index contributed by atoms with van der Waals surface area (Å²) in [5.41, 5.74) is 0.120. The minimum absolute atomic E-state index is 0.0875. The van der Waals surface area contributed by atoms with Crippen LogP contribution in [0.25, 0.3) is 0 Å². The molecule has 0 atom stereocenters. The minimum Gasteiger partial charge on any atom is -0.495 e. The van der Waals surface area contributed by atoms with E-state index in [4.69, 9.17) is 21.1 Å². The number of benzene rings is 1. The molecule has 1 N–H and O–H groups in total. The molecule has 1 aromatic rings. The lowest BCUT2D eigenvalue weighted by molar-refractivity contribution is -0.142. The second-order valence-electron chi connectivity index (χ2n) is 7.49. The number of amides is 2. The number of rotatable bonds is 4. The molecule has 1 aromatic carbocycles. The summed E-state index contributed by atoms with van der Waals surface area (Å²) < 4.78 is 10.5. The van der Waals surface area contributed by atoms with Crippen molar-refractivity contribution in [1.82, 2.24) is 4.90 Å². The summed E-state index contributed by atoms with van der Waals surface area (Å²) in [5, 5.41) is 3.31. The predicted octanol–water partition coefficient (Wildman–Crippen LogP) is 3.58. The maximum Gasteiger partial charge on any atom is 0.227 e. The fourth-order valence-electron chi connectivity index (χ4n) is 3.01. The summed E-state index contributed by atoms with van der Waals surface area (Å²) in [5.74, 6) is 0.833. The van der Waals surface area contributed by atoms with Crippen LogP contribution in [0.3, 0.4) is 0 Å². The average Bonchev–Trinajstić information content (AvgIpc) is 2.61. The zero-order valence-corrected chi connectivity index (χ0v) is 16.8. The van der Waals surface area contributed by atoms with Crippen molar-refractivity contribution < 1.29 is 19.1 Å². The number of methoxy groups -OCH3 is 2. The third-order valence-corrected chi connectivity index (χ3v) is 4.82. The first-order valence-corrected chi connectivity index (χ1v) is 9.07. The Bertz CT molecular complexity index is 677. The zero-order valence-electron chi connectivity index (χ0n) is 16.0. The van der Waals surface area contributed by atoms with Crippen LogP contribution in [-0.2, 0) is 9.59 Å². The molecule has 1 saturated heterocycles. The molecule has 0 saturated carbocycles. The van der Waals surface area contributed by atoms with Crippen molar-refractivity contribution >= 4 is 29.1 Å². The number of nitrogens with zero attached hydrogens (tertiary/aromatic N) is 1. The van der Waals surface area contributed by atoms with E-state index in [0.717, 1.165) is 0 Å². The van der Waals surface area contributed by atoms with Crippen LogP contribution in [0.2, 0.25) is 5.02 Å². The molecule has 0 bridgehead atoms. The maximum atomic E-state index is 12.6. The number of anilines is 1. The first-order valence-electron chi connectivity index (χ1n) is 8.69. The van der Waals surface area contributed by atoms with Crippen LogP contribution < -0.4 is 14.8 Å². The molecule has 1 aliphatic heterocycles. The Morgan fingerprint density at radius 3 is 2.19 bits per heavy atom. The van der Waals surface area contributed by atoms with Gasteiger partial charge in [0.25, 0.3) is 0 Å². The van der Waals surface area contributed by atoms with Gasteiger partial charge in [0, 0.05) is 36.6 Å². The zero-order chi connectivity index (χ0) is 19.5. The summed E-state index contributed by atoms with van der Waals surface area (Å²) in [6.45, 7) is 6.92. The Kier molecular flexibility index (Phi) is 6.39. The third-order valence-electron chi connectivity index (χ3n) is 4.53. The third kappa shape index (κ3) is 4.61. The van der Waals surface area contributed by atoms with E-state index in [0.29, 0.717) is 48.1 Å². The number of halogens is 1. The predicted molar refractivity (Wildman–Crippen MR) is 102 cm³/mol. The number of carbonyl (C=O) groups is 2. The number of hydrogen-bond acceptors (Lipinski definition) is 4. The van der Waals surface area contributed by atoms with Crippen molar-refractivity contribution in [1.29, 1.82) is 0 Å². The Labute approximate surface area is 159 Å². The van der Waals surface area contributed by atoms with Crippen molar-refractivity contribution in [2.75, 3.05) is 32.6 Å². The van der Waals surface area contributed by atoms with Gasteiger partial charge in [0.15, 0.2) is 0 Å². The second kappa shape index (κ2) is 8.16. The van der Waals surface area contributed by atoms with Crippen molar-refractivity contribution in [2.24, 2.45) is 11.3 Å². The average molecular weight is 383 g/mol. The molecule has 6 nitrogen and oxygen atoms in total. The molecule has 1 fully saturated rings. The molecule has 1 heterocycles. The minimum atomic E-state index is -0.400. The lowest BCUT2D eigenvalue weighted by atomic mass is 9.90. The van der Waals surface area contributed by atoms with Gasteiger partial charge in [-0.2, -0.15) is 0 Å². The number of hydrogen-bond donors (Lipinski definition) is 1. The summed E-state index contributed by atoms with van der Waals surface area (Å²) in [7, 11) is 3.03. The highest BCUT2D eigenvalue weighted by atomic mass is 35.5. The molecule has 0 aromatic heterocycles. The van der Waals surface area contributed by atoms with Gasteiger partial charge in [-0.05, 0) is 12.8 Å². The van der Waals surface area contributed by atoms with Crippen molar-refractivity contribution in [3.8, 4) is 11.5 Å². The Hall–Kier alpha value is -1.95. The highest BCUT2D eigenvalue weighted by molar-refractivity contribution is 6.32. The SMILES string of the molecule is COc1cc(NC(=O)C2CCN(C(=O)C(C)(C)C)CC2)c(OC)cc1Cl. The standard InChI is InChI=1S/C19H27ClN2O4/c1-19(2,3)18(24)22-8-6-12(7-9-22)17(23)21-14-11-15(25-4)13(20)10-16(14)26-5/h10-12H,6-9H2,1-5H3,(H,21,23). The van der Waals surface area contributed by atoms with Crippen molar-refractivity contribution in [3.63, 3.8) is 0 Å². The van der Waals surface area contributed by atoms with Crippen LogP contribution in [0.1, 0.15) is 33.6 Å². The van der Waals surface area contributed by atoms with Crippen LogP contribution in [0.5, 0.6) is 11.5 Å². The molecule has 7 heteroatoms. The van der Waals surface area contributed by atoms with Crippen LogP contribution in [0.15, 0.2) is 12.1 Å². The lowest BCUT2D eigenvalue weighted by Gasteiger charge is -2.35. The number of nitrogens with one attached hydrogen (secondary N) is 1. The smallest absolute Gasteiger partial charge is 0.227 e. The molecule has 0 unspecified atom stereocenters. The van der Waals surface area contributed by atoms with E-state index in [-0.39, 0.29) is 17.7 Å². The first kappa shape index (κ1) is 20.4. The van der Waals surface area contributed by atoms with E-state index in [1.54, 1.807) is 12.1 Å².